The minimum Gasteiger partial charge on any atom is -0.487 e. The van der Waals surface area contributed by atoms with Crippen molar-refractivity contribution in [2.45, 2.75) is 13.5 Å². The van der Waals surface area contributed by atoms with Gasteiger partial charge in [-0.25, -0.2) is 4.79 Å². The van der Waals surface area contributed by atoms with Gasteiger partial charge in [-0.2, -0.15) is 5.10 Å². The molecule has 0 aliphatic carbocycles. The van der Waals surface area contributed by atoms with Crippen LogP contribution < -0.4 is 4.74 Å². The SMILES string of the molecule is Cc1nn(C)c(COc2ccccc2C=CC(=O)O)c1Br. The molecule has 0 saturated heterocycles. The Morgan fingerprint density at radius 2 is 2.19 bits per heavy atom. The van der Waals surface area contributed by atoms with Crippen LogP contribution in [0.3, 0.4) is 0 Å². The maximum absolute atomic E-state index is 10.6. The number of carbonyl (C=O) groups is 1. The second-order valence-electron chi connectivity index (χ2n) is 4.47. The van der Waals surface area contributed by atoms with Crippen LogP contribution in [-0.2, 0) is 18.4 Å². The van der Waals surface area contributed by atoms with Crippen LogP contribution in [0.1, 0.15) is 17.0 Å². The van der Waals surface area contributed by atoms with Crippen molar-refractivity contribution in [2.75, 3.05) is 0 Å². The predicted octanol–water partition coefficient (Wildman–Crippen LogP) is 3.17. The van der Waals surface area contributed by atoms with Crippen LogP contribution in [0, 0.1) is 6.92 Å². The molecule has 0 spiro atoms. The van der Waals surface area contributed by atoms with Crippen molar-refractivity contribution in [3.63, 3.8) is 0 Å². The molecule has 2 aromatic rings. The number of carboxylic acid groups (broad SMARTS) is 1. The molecule has 1 N–H and O–H groups in total. The Kier molecular flexibility index (Phi) is 4.80. The number of aromatic nitrogens is 2. The standard InChI is InChI=1S/C15H15BrN2O3/c1-10-15(16)12(18(2)17-10)9-21-13-6-4-3-5-11(13)7-8-14(19)20/h3-8H,9H2,1-2H3,(H,19,20). The monoisotopic (exact) mass is 350 g/mol. The van der Waals surface area contributed by atoms with Crippen LogP contribution >= 0.6 is 15.9 Å². The molecule has 0 aliphatic rings. The molecule has 21 heavy (non-hydrogen) atoms. The quantitative estimate of drug-likeness (QED) is 0.841. The summed E-state index contributed by atoms with van der Waals surface area (Å²) >= 11 is 3.49. The van der Waals surface area contributed by atoms with Gasteiger partial charge in [0, 0.05) is 18.7 Å². The molecule has 1 heterocycles. The summed E-state index contributed by atoms with van der Waals surface area (Å²) in [6.45, 7) is 2.26. The lowest BCUT2D eigenvalue weighted by molar-refractivity contribution is -0.131. The first-order chi connectivity index (χ1) is 9.99. The smallest absolute Gasteiger partial charge is 0.328 e. The summed E-state index contributed by atoms with van der Waals surface area (Å²) in [5, 5.41) is 13.0. The van der Waals surface area contributed by atoms with Crippen molar-refractivity contribution in [3.05, 3.63) is 51.8 Å². The molecule has 0 unspecified atom stereocenters. The van der Waals surface area contributed by atoms with Crippen LogP contribution in [0.15, 0.2) is 34.8 Å². The minimum absolute atomic E-state index is 0.343. The number of para-hydroxylation sites is 1. The Hall–Kier alpha value is -2.08. The maximum Gasteiger partial charge on any atom is 0.328 e. The van der Waals surface area contributed by atoms with Gasteiger partial charge in [0.05, 0.1) is 15.9 Å². The van der Waals surface area contributed by atoms with E-state index >= 15 is 0 Å². The number of hydrogen-bond donors (Lipinski definition) is 1. The highest BCUT2D eigenvalue weighted by Gasteiger charge is 2.11. The van der Waals surface area contributed by atoms with Gasteiger partial charge in [0.2, 0.25) is 0 Å². The molecular weight excluding hydrogens is 336 g/mol. The second kappa shape index (κ2) is 6.58. The molecule has 1 aromatic heterocycles. The number of ether oxygens (including phenoxy) is 1. The van der Waals surface area contributed by atoms with Gasteiger partial charge >= 0.3 is 5.97 Å². The minimum atomic E-state index is -0.991. The Balaban J connectivity index is 2.18. The maximum atomic E-state index is 10.6. The topological polar surface area (TPSA) is 64.4 Å². The highest BCUT2D eigenvalue weighted by atomic mass is 79.9. The summed E-state index contributed by atoms with van der Waals surface area (Å²) in [4.78, 5) is 10.6. The fourth-order valence-electron chi connectivity index (χ4n) is 1.89. The number of nitrogens with zero attached hydrogens (tertiary/aromatic N) is 2. The molecule has 0 aliphatic heterocycles. The van der Waals surface area contributed by atoms with Crippen molar-refractivity contribution in [1.29, 1.82) is 0 Å². The molecule has 1 aromatic carbocycles. The van der Waals surface area contributed by atoms with Crippen LogP contribution in [0.25, 0.3) is 6.08 Å². The van der Waals surface area contributed by atoms with Gasteiger partial charge in [-0.15, -0.1) is 0 Å². The summed E-state index contributed by atoms with van der Waals surface area (Å²) in [6, 6.07) is 7.28. The normalized spacial score (nSPS) is 11.0. The van der Waals surface area contributed by atoms with E-state index in [0.717, 1.165) is 27.5 Å². The highest BCUT2D eigenvalue weighted by Crippen LogP contribution is 2.24. The van der Waals surface area contributed by atoms with E-state index in [-0.39, 0.29) is 0 Å². The molecule has 5 nitrogen and oxygen atoms in total. The van der Waals surface area contributed by atoms with E-state index in [1.807, 2.05) is 26.1 Å². The van der Waals surface area contributed by atoms with Gasteiger partial charge in [0.15, 0.2) is 0 Å². The van der Waals surface area contributed by atoms with E-state index < -0.39 is 5.97 Å². The Morgan fingerprint density at radius 3 is 2.81 bits per heavy atom. The lowest BCUT2D eigenvalue weighted by atomic mass is 10.2. The van der Waals surface area contributed by atoms with Crippen LogP contribution in [0.5, 0.6) is 5.75 Å². The first-order valence-electron chi connectivity index (χ1n) is 6.30. The molecule has 0 amide bonds. The van der Waals surface area contributed by atoms with E-state index in [1.165, 1.54) is 6.08 Å². The number of aryl methyl sites for hydroxylation is 2. The molecule has 2 rings (SSSR count). The Labute approximate surface area is 131 Å². The van der Waals surface area contributed by atoms with Crippen molar-refractivity contribution in [3.8, 4) is 5.75 Å². The van der Waals surface area contributed by atoms with Crippen molar-refractivity contribution >= 4 is 28.0 Å². The molecule has 6 heteroatoms. The van der Waals surface area contributed by atoms with Crippen molar-refractivity contribution in [2.24, 2.45) is 7.05 Å². The van der Waals surface area contributed by atoms with E-state index in [9.17, 15) is 4.79 Å². The zero-order chi connectivity index (χ0) is 15.4. The number of benzene rings is 1. The lowest BCUT2D eigenvalue weighted by Crippen LogP contribution is -2.04. The Morgan fingerprint density at radius 1 is 1.48 bits per heavy atom. The molecule has 0 atom stereocenters. The number of halogens is 1. The number of aliphatic carboxylic acids is 1. The number of carboxylic acids is 1. The van der Waals surface area contributed by atoms with E-state index in [2.05, 4.69) is 21.0 Å². The van der Waals surface area contributed by atoms with Gasteiger partial charge in [-0.3, -0.25) is 4.68 Å². The van der Waals surface area contributed by atoms with Crippen LogP contribution in [-0.4, -0.2) is 20.9 Å². The average Bonchev–Trinajstić information content (AvgIpc) is 2.69. The summed E-state index contributed by atoms with van der Waals surface area (Å²) in [6.07, 6.45) is 2.60. The lowest BCUT2D eigenvalue weighted by Gasteiger charge is -2.09. The first-order valence-corrected chi connectivity index (χ1v) is 7.09. The largest absolute Gasteiger partial charge is 0.487 e. The van der Waals surface area contributed by atoms with Crippen LogP contribution in [0.4, 0.5) is 0 Å². The number of rotatable bonds is 5. The molecule has 110 valence electrons. The Bertz CT molecular complexity index is 692. The molecule has 0 fully saturated rings. The second-order valence-corrected chi connectivity index (χ2v) is 5.26. The summed E-state index contributed by atoms with van der Waals surface area (Å²) in [5.74, 6) is -0.365. The summed E-state index contributed by atoms with van der Waals surface area (Å²) in [5.41, 5.74) is 2.54. The third-order valence-electron chi connectivity index (χ3n) is 2.95. The fraction of sp³-hybridized carbons (Fsp3) is 0.200. The third kappa shape index (κ3) is 3.72. The van der Waals surface area contributed by atoms with Gasteiger partial charge < -0.3 is 9.84 Å². The fourth-order valence-corrected chi connectivity index (χ4v) is 2.34. The number of hydrogen-bond acceptors (Lipinski definition) is 3. The van der Waals surface area contributed by atoms with Crippen molar-refractivity contribution < 1.29 is 14.6 Å². The van der Waals surface area contributed by atoms with Gasteiger partial charge in [-0.1, -0.05) is 18.2 Å². The van der Waals surface area contributed by atoms with E-state index in [1.54, 1.807) is 16.8 Å². The molecule has 0 saturated carbocycles. The van der Waals surface area contributed by atoms with E-state index in [4.69, 9.17) is 9.84 Å². The third-order valence-corrected chi connectivity index (χ3v) is 3.98. The summed E-state index contributed by atoms with van der Waals surface area (Å²) in [7, 11) is 1.85. The highest BCUT2D eigenvalue weighted by molar-refractivity contribution is 9.10. The molecular formula is C15H15BrN2O3. The predicted molar refractivity (Wildman–Crippen MR) is 83.1 cm³/mol. The molecule has 0 radical (unpaired) electrons. The molecule has 0 bridgehead atoms. The van der Waals surface area contributed by atoms with Crippen molar-refractivity contribution in [1.82, 2.24) is 9.78 Å². The zero-order valence-electron chi connectivity index (χ0n) is 11.7. The van der Waals surface area contributed by atoms with E-state index in [0.29, 0.717) is 12.4 Å². The summed E-state index contributed by atoms with van der Waals surface area (Å²) < 4.78 is 8.47. The average molecular weight is 351 g/mol. The zero-order valence-corrected chi connectivity index (χ0v) is 13.3. The van der Waals surface area contributed by atoms with Gasteiger partial charge in [-0.05, 0) is 35.0 Å². The van der Waals surface area contributed by atoms with Crippen LogP contribution in [0.2, 0.25) is 0 Å². The van der Waals surface area contributed by atoms with Gasteiger partial charge in [0.1, 0.15) is 12.4 Å². The van der Waals surface area contributed by atoms with Gasteiger partial charge in [0.25, 0.3) is 0 Å². The first kappa shape index (κ1) is 15.3.